The lowest BCUT2D eigenvalue weighted by Crippen LogP contribution is -2.45. The maximum Gasteiger partial charge on any atom is 0.337 e. The molecule has 12 heteroatoms. The molecule has 242 valence electrons. The Morgan fingerprint density at radius 3 is 2.61 bits per heavy atom. The van der Waals surface area contributed by atoms with E-state index in [1.54, 1.807) is 37.4 Å². The molecule has 4 N–H and O–H groups in total. The van der Waals surface area contributed by atoms with Crippen molar-refractivity contribution in [1.82, 2.24) is 16.1 Å². The lowest BCUT2D eigenvalue weighted by atomic mass is 9.95. The molecule has 0 saturated carbocycles. The number of esters is 1. The summed E-state index contributed by atoms with van der Waals surface area (Å²) >= 11 is 6.26. The van der Waals surface area contributed by atoms with Gasteiger partial charge < -0.3 is 34.7 Å². The Hall–Kier alpha value is -5.00. The van der Waals surface area contributed by atoms with Crippen LogP contribution in [-0.2, 0) is 22.6 Å². The molecule has 0 unspecified atom stereocenters. The van der Waals surface area contributed by atoms with Gasteiger partial charge in [0.25, 0.3) is 0 Å². The van der Waals surface area contributed by atoms with E-state index in [1.165, 1.54) is 7.11 Å². The van der Waals surface area contributed by atoms with Crippen LogP contribution in [0, 0.1) is 0 Å². The molecule has 1 aliphatic heterocycles. The van der Waals surface area contributed by atoms with E-state index in [4.69, 9.17) is 30.5 Å². The van der Waals surface area contributed by atoms with Gasteiger partial charge >= 0.3 is 12.0 Å². The van der Waals surface area contributed by atoms with Crippen molar-refractivity contribution in [2.45, 2.75) is 39.1 Å². The van der Waals surface area contributed by atoms with Crippen LogP contribution in [-0.4, -0.2) is 49.9 Å². The number of allylic oxidation sites excluding steroid dienone is 2. The van der Waals surface area contributed by atoms with E-state index in [0.717, 1.165) is 16.7 Å². The van der Waals surface area contributed by atoms with E-state index >= 15 is 0 Å². The molecule has 0 aromatic heterocycles. The zero-order valence-electron chi connectivity index (χ0n) is 25.8. The number of hydrazone groups is 1. The van der Waals surface area contributed by atoms with Crippen molar-refractivity contribution >= 4 is 29.8 Å². The summed E-state index contributed by atoms with van der Waals surface area (Å²) < 4.78 is 22.5. The molecule has 0 aliphatic carbocycles. The van der Waals surface area contributed by atoms with Gasteiger partial charge in [-0.1, -0.05) is 41.9 Å². The molecular formula is C34H37ClN4O7. The third kappa shape index (κ3) is 8.80. The molecule has 1 heterocycles. The molecule has 0 saturated heterocycles. The number of amides is 2. The predicted molar refractivity (Wildman–Crippen MR) is 175 cm³/mol. The molecule has 46 heavy (non-hydrogen) atoms. The van der Waals surface area contributed by atoms with Gasteiger partial charge in [-0.25, -0.2) is 9.59 Å². The van der Waals surface area contributed by atoms with Crippen LogP contribution in [0.5, 0.6) is 17.2 Å². The third-order valence-corrected chi connectivity index (χ3v) is 7.27. The fourth-order valence-corrected chi connectivity index (χ4v) is 4.92. The van der Waals surface area contributed by atoms with Crippen LogP contribution in [0.15, 0.2) is 89.7 Å². The minimum atomic E-state index is -1.14. The van der Waals surface area contributed by atoms with E-state index in [9.17, 15) is 14.7 Å². The first-order chi connectivity index (χ1) is 22.2. The smallest absolute Gasteiger partial charge is 0.337 e. The highest BCUT2D eigenvalue weighted by Crippen LogP contribution is 2.35. The first-order valence-electron chi connectivity index (χ1n) is 14.6. The number of hydrogen-bond acceptors (Lipinski definition) is 9. The monoisotopic (exact) mass is 648 g/mol. The quantitative estimate of drug-likeness (QED) is 0.0582. The third-order valence-electron chi connectivity index (χ3n) is 6.90. The fraction of sp³-hybridized carbons (Fsp3) is 0.265. The van der Waals surface area contributed by atoms with Crippen LogP contribution in [0.3, 0.4) is 0 Å². The summed E-state index contributed by atoms with van der Waals surface area (Å²) in [5.41, 5.74) is 6.50. The van der Waals surface area contributed by atoms with Gasteiger partial charge in [0.2, 0.25) is 0 Å². The summed E-state index contributed by atoms with van der Waals surface area (Å²) in [6.07, 6.45) is 2.82. The molecule has 3 aromatic rings. The zero-order valence-corrected chi connectivity index (χ0v) is 26.6. The molecule has 0 radical (unpaired) electrons. The summed E-state index contributed by atoms with van der Waals surface area (Å²) in [4.78, 5) is 24.6. The molecule has 0 spiro atoms. The second-order valence-corrected chi connectivity index (χ2v) is 10.6. The van der Waals surface area contributed by atoms with Crippen molar-refractivity contribution in [3.8, 4) is 17.2 Å². The topological polar surface area (TPSA) is 140 Å². The lowest BCUT2D eigenvalue weighted by Gasteiger charge is -2.28. The first kappa shape index (κ1) is 33.9. The van der Waals surface area contributed by atoms with Gasteiger partial charge in [0.15, 0.2) is 17.7 Å². The Kier molecular flexibility index (Phi) is 12.0. The minimum Gasteiger partial charge on any atom is -0.490 e. The van der Waals surface area contributed by atoms with E-state index < -0.39 is 24.3 Å². The number of benzene rings is 3. The number of carbonyl (C=O) groups excluding carboxylic acids is 2. The van der Waals surface area contributed by atoms with E-state index in [0.29, 0.717) is 53.2 Å². The van der Waals surface area contributed by atoms with Crippen molar-refractivity contribution in [3.05, 3.63) is 112 Å². The summed E-state index contributed by atoms with van der Waals surface area (Å²) in [7, 11) is 1.28. The van der Waals surface area contributed by atoms with Crippen LogP contribution in [0.25, 0.3) is 0 Å². The van der Waals surface area contributed by atoms with Crippen molar-refractivity contribution in [2.24, 2.45) is 5.10 Å². The lowest BCUT2D eigenvalue weighted by molar-refractivity contribution is -0.136. The number of aliphatic hydroxyl groups is 1. The number of aliphatic hydroxyl groups excluding tert-OH is 1. The zero-order chi connectivity index (χ0) is 33.1. The Morgan fingerprint density at radius 2 is 1.87 bits per heavy atom. The number of carbonyl (C=O) groups is 2. The SMILES string of the molecule is C=CCc1cc(/C=N\N[C@H](O)COc2ccc([C@H]3NC(=O)NC(C)=C3C(=O)OC)cc2OCC)ccc1OCc1ccccc1Cl. The Morgan fingerprint density at radius 1 is 1.09 bits per heavy atom. The fourth-order valence-electron chi connectivity index (χ4n) is 4.73. The molecule has 2 atom stereocenters. The predicted octanol–water partition coefficient (Wildman–Crippen LogP) is 5.17. The average molecular weight is 649 g/mol. The van der Waals surface area contributed by atoms with Gasteiger partial charge in [-0.3, -0.25) is 5.43 Å². The minimum absolute atomic E-state index is 0.149. The number of nitrogens with zero attached hydrogens (tertiary/aromatic N) is 1. The molecule has 2 amide bonds. The van der Waals surface area contributed by atoms with Crippen LogP contribution in [0.4, 0.5) is 4.79 Å². The number of urea groups is 1. The normalized spacial score (nSPS) is 15.1. The molecule has 11 nitrogen and oxygen atoms in total. The van der Waals surface area contributed by atoms with Gasteiger partial charge in [0.1, 0.15) is 19.0 Å². The Bertz CT molecular complexity index is 1620. The van der Waals surface area contributed by atoms with Gasteiger partial charge in [-0.2, -0.15) is 5.10 Å². The summed E-state index contributed by atoms with van der Waals surface area (Å²) in [6.45, 7) is 7.80. The number of rotatable bonds is 15. The van der Waals surface area contributed by atoms with Crippen LogP contribution < -0.4 is 30.3 Å². The highest BCUT2D eigenvalue weighted by molar-refractivity contribution is 6.31. The number of methoxy groups -OCH3 is 1. The standard InChI is InChI=1S/C34H37ClN4O7/c1-5-9-23-16-22(12-14-27(23)45-19-25-10-7-8-11-26(25)35)18-36-39-30(40)20-46-28-15-13-24(17-29(28)44-6-2)32-31(33(41)43-4)21(3)37-34(42)38-32/h5,7-8,10-18,30,32,39-40H,1,6,9,19-20H2,2-4H3,(H2,37,38,42)/b36-18-/t30-,32-/m1/s1. The number of ether oxygens (including phenoxy) is 4. The van der Waals surface area contributed by atoms with Gasteiger partial charge in [-0.15, -0.1) is 6.58 Å². The molecular weight excluding hydrogens is 612 g/mol. The average Bonchev–Trinajstić information content (AvgIpc) is 3.04. The Labute approximate surface area is 272 Å². The molecule has 3 aromatic carbocycles. The van der Waals surface area contributed by atoms with Gasteiger partial charge in [0, 0.05) is 16.3 Å². The number of nitrogens with one attached hydrogen (secondary N) is 3. The van der Waals surface area contributed by atoms with Crippen molar-refractivity contribution in [1.29, 1.82) is 0 Å². The van der Waals surface area contributed by atoms with E-state index in [2.05, 4.69) is 27.7 Å². The van der Waals surface area contributed by atoms with Gasteiger partial charge in [-0.05, 0) is 73.4 Å². The summed E-state index contributed by atoms with van der Waals surface area (Å²) in [5, 5.41) is 20.6. The molecule has 0 bridgehead atoms. The van der Waals surface area contributed by atoms with Crippen molar-refractivity contribution in [3.63, 3.8) is 0 Å². The largest absolute Gasteiger partial charge is 0.490 e. The summed E-state index contributed by atoms with van der Waals surface area (Å²) in [6, 6.07) is 17.0. The van der Waals surface area contributed by atoms with Crippen LogP contribution in [0.1, 0.15) is 42.1 Å². The molecule has 1 aliphatic rings. The van der Waals surface area contributed by atoms with Crippen LogP contribution >= 0.6 is 11.6 Å². The second-order valence-electron chi connectivity index (χ2n) is 10.2. The van der Waals surface area contributed by atoms with Gasteiger partial charge in [0.05, 0.1) is 31.5 Å². The number of halogens is 1. The van der Waals surface area contributed by atoms with Crippen LogP contribution in [0.2, 0.25) is 5.02 Å². The van der Waals surface area contributed by atoms with E-state index in [1.807, 2.05) is 49.4 Å². The maximum absolute atomic E-state index is 12.5. The highest BCUT2D eigenvalue weighted by Gasteiger charge is 2.32. The summed E-state index contributed by atoms with van der Waals surface area (Å²) in [5.74, 6) is 0.872. The highest BCUT2D eigenvalue weighted by atomic mass is 35.5. The maximum atomic E-state index is 12.5. The second kappa shape index (κ2) is 16.4. The first-order valence-corrected chi connectivity index (χ1v) is 14.9. The molecule has 4 rings (SSSR count). The van der Waals surface area contributed by atoms with Crippen molar-refractivity contribution < 1.29 is 33.6 Å². The molecule has 0 fully saturated rings. The van der Waals surface area contributed by atoms with Crippen molar-refractivity contribution in [2.75, 3.05) is 20.3 Å². The van der Waals surface area contributed by atoms with E-state index in [-0.39, 0.29) is 12.2 Å². The Balaban J connectivity index is 1.38. The number of hydrogen-bond donors (Lipinski definition) is 4.